The van der Waals surface area contributed by atoms with E-state index in [1.54, 1.807) is 5.57 Å². The molecular weight excluding hydrogens is 124 g/mol. The lowest BCUT2D eigenvalue weighted by Crippen LogP contribution is -1.97. The average molecular weight is 138 g/mol. The first-order chi connectivity index (χ1) is 4.86. The fraction of sp³-hybridized carbons (Fsp3) is 0.778. The molecule has 2 rings (SSSR count). The van der Waals surface area contributed by atoms with E-state index >= 15 is 0 Å². The van der Waals surface area contributed by atoms with E-state index in [0.717, 1.165) is 0 Å². The zero-order valence-corrected chi connectivity index (χ0v) is 6.47. The maximum absolute atomic E-state index is 5.45. The van der Waals surface area contributed by atoms with Crippen LogP contribution in [0.25, 0.3) is 0 Å². The monoisotopic (exact) mass is 138 g/mol. The molecular formula is C9H14O. The Morgan fingerprint density at radius 1 is 1.40 bits per heavy atom. The molecule has 0 radical (unpaired) electrons. The highest BCUT2D eigenvalue weighted by Gasteiger charge is 2.37. The van der Waals surface area contributed by atoms with Crippen LogP contribution >= 0.6 is 0 Å². The summed E-state index contributed by atoms with van der Waals surface area (Å²) in [6.45, 7) is 2.22. The van der Waals surface area contributed by atoms with Crippen molar-refractivity contribution in [2.45, 2.75) is 44.8 Å². The minimum Gasteiger partial charge on any atom is -0.370 e. The molecule has 10 heavy (non-hydrogen) atoms. The van der Waals surface area contributed by atoms with Crippen LogP contribution < -0.4 is 0 Å². The van der Waals surface area contributed by atoms with Crippen molar-refractivity contribution < 1.29 is 4.74 Å². The van der Waals surface area contributed by atoms with E-state index in [1.807, 2.05) is 0 Å². The van der Waals surface area contributed by atoms with Gasteiger partial charge in [0.05, 0.1) is 12.2 Å². The number of rotatable bonds is 0. The largest absolute Gasteiger partial charge is 0.370 e. The minimum absolute atomic E-state index is 0.628. The third kappa shape index (κ3) is 1.24. The van der Waals surface area contributed by atoms with Crippen LogP contribution in [-0.2, 0) is 4.74 Å². The molecule has 1 aliphatic heterocycles. The summed E-state index contributed by atoms with van der Waals surface area (Å²) in [6.07, 6.45) is 8.61. The van der Waals surface area contributed by atoms with E-state index in [-0.39, 0.29) is 0 Å². The van der Waals surface area contributed by atoms with Crippen molar-refractivity contribution in [2.75, 3.05) is 0 Å². The predicted molar refractivity (Wildman–Crippen MR) is 40.9 cm³/mol. The molecule has 0 aromatic heterocycles. The Bertz CT molecular complexity index is 160. The lowest BCUT2D eigenvalue weighted by Gasteiger charge is -2.02. The van der Waals surface area contributed by atoms with Crippen molar-refractivity contribution in [3.05, 3.63) is 11.6 Å². The summed E-state index contributed by atoms with van der Waals surface area (Å²) in [4.78, 5) is 0. The lowest BCUT2D eigenvalue weighted by atomic mass is 10.0. The van der Waals surface area contributed by atoms with Crippen molar-refractivity contribution in [1.29, 1.82) is 0 Å². The van der Waals surface area contributed by atoms with Crippen LogP contribution in [0.5, 0.6) is 0 Å². The molecule has 1 aliphatic carbocycles. The Hall–Kier alpha value is -0.300. The van der Waals surface area contributed by atoms with Gasteiger partial charge in [-0.25, -0.2) is 0 Å². The molecule has 0 aromatic carbocycles. The topological polar surface area (TPSA) is 12.5 Å². The van der Waals surface area contributed by atoms with E-state index in [9.17, 15) is 0 Å². The van der Waals surface area contributed by atoms with Gasteiger partial charge in [0, 0.05) is 0 Å². The van der Waals surface area contributed by atoms with Gasteiger partial charge in [-0.15, -0.1) is 0 Å². The first-order valence-electron chi connectivity index (χ1n) is 4.17. The van der Waals surface area contributed by atoms with Crippen LogP contribution in [0, 0.1) is 0 Å². The van der Waals surface area contributed by atoms with Gasteiger partial charge in [0.25, 0.3) is 0 Å². The molecule has 0 bridgehead atoms. The molecule has 2 atom stereocenters. The predicted octanol–water partition coefficient (Wildman–Crippen LogP) is 2.27. The fourth-order valence-electron chi connectivity index (χ4n) is 1.65. The Morgan fingerprint density at radius 3 is 3.10 bits per heavy atom. The Kier molecular flexibility index (Phi) is 1.53. The summed E-state index contributed by atoms with van der Waals surface area (Å²) in [5, 5.41) is 0. The first kappa shape index (κ1) is 6.41. The number of epoxide rings is 1. The van der Waals surface area contributed by atoms with Gasteiger partial charge in [-0.2, -0.15) is 0 Å². The summed E-state index contributed by atoms with van der Waals surface area (Å²) in [6, 6.07) is 0. The standard InChI is InChI=1S/C9H14O/c1-7-3-2-4-8-9(10-8)6-5-7/h3,8-9H,2,4-6H2,1H3/b7-3-. The van der Waals surface area contributed by atoms with Gasteiger partial charge < -0.3 is 4.74 Å². The van der Waals surface area contributed by atoms with E-state index in [4.69, 9.17) is 4.74 Å². The molecule has 0 N–H and O–H groups in total. The van der Waals surface area contributed by atoms with Crippen LogP contribution in [0.4, 0.5) is 0 Å². The fourth-order valence-corrected chi connectivity index (χ4v) is 1.65. The second-order valence-corrected chi connectivity index (χ2v) is 3.38. The zero-order valence-electron chi connectivity index (χ0n) is 6.47. The minimum atomic E-state index is 0.628. The maximum Gasteiger partial charge on any atom is 0.0845 e. The highest BCUT2D eigenvalue weighted by Crippen LogP contribution is 2.33. The van der Waals surface area contributed by atoms with Crippen LogP contribution in [0.15, 0.2) is 11.6 Å². The van der Waals surface area contributed by atoms with E-state index in [0.29, 0.717) is 12.2 Å². The van der Waals surface area contributed by atoms with Crippen molar-refractivity contribution in [2.24, 2.45) is 0 Å². The summed E-state index contributed by atoms with van der Waals surface area (Å²) < 4.78 is 5.45. The molecule has 1 fully saturated rings. The van der Waals surface area contributed by atoms with Gasteiger partial charge >= 0.3 is 0 Å². The summed E-state index contributed by atoms with van der Waals surface area (Å²) >= 11 is 0. The molecule has 1 nitrogen and oxygen atoms in total. The molecule has 0 spiro atoms. The third-order valence-electron chi connectivity index (χ3n) is 2.45. The molecule has 1 heteroatoms. The number of hydrogen-bond acceptors (Lipinski definition) is 1. The van der Waals surface area contributed by atoms with Crippen LogP contribution in [0.1, 0.15) is 32.6 Å². The second-order valence-electron chi connectivity index (χ2n) is 3.38. The zero-order chi connectivity index (χ0) is 6.97. The van der Waals surface area contributed by atoms with Crippen molar-refractivity contribution in [1.82, 2.24) is 0 Å². The molecule has 0 amide bonds. The number of fused-ring (bicyclic) bond motifs is 1. The lowest BCUT2D eigenvalue weighted by molar-refractivity contribution is 0.358. The highest BCUT2D eigenvalue weighted by atomic mass is 16.6. The first-order valence-corrected chi connectivity index (χ1v) is 4.17. The molecule has 1 saturated heterocycles. The molecule has 56 valence electrons. The summed E-state index contributed by atoms with van der Waals surface area (Å²) in [7, 11) is 0. The number of hydrogen-bond donors (Lipinski definition) is 0. The van der Waals surface area contributed by atoms with E-state index in [2.05, 4.69) is 13.0 Å². The summed E-state index contributed by atoms with van der Waals surface area (Å²) in [5.74, 6) is 0. The number of ether oxygens (including phenoxy) is 1. The normalized spacial score (nSPS) is 44.3. The van der Waals surface area contributed by atoms with Crippen LogP contribution in [0.2, 0.25) is 0 Å². The van der Waals surface area contributed by atoms with Gasteiger partial charge in [0.15, 0.2) is 0 Å². The van der Waals surface area contributed by atoms with Gasteiger partial charge in [-0.3, -0.25) is 0 Å². The second kappa shape index (κ2) is 2.39. The summed E-state index contributed by atoms with van der Waals surface area (Å²) in [5.41, 5.74) is 1.55. The Balaban J connectivity index is 1.95. The number of allylic oxidation sites excluding steroid dienone is 2. The smallest absolute Gasteiger partial charge is 0.0845 e. The van der Waals surface area contributed by atoms with E-state index < -0.39 is 0 Å². The molecule has 0 aromatic rings. The molecule has 2 aliphatic rings. The SMILES string of the molecule is C/C1=C/CCC2OC2CC1. The molecule has 2 unspecified atom stereocenters. The van der Waals surface area contributed by atoms with E-state index in [1.165, 1.54) is 25.7 Å². The van der Waals surface area contributed by atoms with Gasteiger partial charge in [0.1, 0.15) is 0 Å². The van der Waals surface area contributed by atoms with Crippen molar-refractivity contribution in [3.63, 3.8) is 0 Å². The molecule has 1 heterocycles. The third-order valence-corrected chi connectivity index (χ3v) is 2.45. The molecule has 0 saturated carbocycles. The Labute approximate surface area is 62.1 Å². The van der Waals surface area contributed by atoms with Crippen molar-refractivity contribution in [3.8, 4) is 0 Å². The average Bonchev–Trinajstić information content (AvgIpc) is 2.59. The van der Waals surface area contributed by atoms with Crippen LogP contribution in [0.3, 0.4) is 0 Å². The quantitative estimate of drug-likeness (QED) is 0.369. The van der Waals surface area contributed by atoms with Crippen LogP contribution in [-0.4, -0.2) is 12.2 Å². The van der Waals surface area contributed by atoms with Crippen molar-refractivity contribution >= 4 is 0 Å². The maximum atomic E-state index is 5.45. The van der Waals surface area contributed by atoms with Gasteiger partial charge in [0.2, 0.25) is 0 Å². The van der Waals surface area contributed by atoms with Gasteiger partial charge in [-0.1, -0.05) is 11.6 Å². The van der Waals surface area contributed by atoms with Gasteiger partial charge in [-0.05, 0) is 32.6 Å². The Morgan fingerprint density at radius 2 is 2.20 bits per heavy atom. The highest BCUT2D eigenvalue weighted by molar-refractivity contribution is 5.03.